The van der Waals surface area contributed by atoms with Gasteiger partial charge in [-0.05, 0) is 12.8 Å². The second-order valence-corrected chi connectivity index (χ2v) is 9.62. The van der Waals surface area contributed by atoms with E-state index in [1.807, 2.05) is 4.57 Å². The van der Waals surface area contributed by atoms with Crippen molar-refractivity contribution in [1.82, 2.24) is 8.28 Å². The Morgan fingerprint density at radius 2 is 1.62 bits per heavy atom. The Hall–Kier alpha value is -1.07. The van der Waals surface area contributed by atoms with Crippen LogP contribution in [-0.4, -0.2) is 35.9 Å². The number of nitrogens with zero attached hydrogens (tertiary/aromatic N) is 3. The molecule has 1 atom stereocenters. The number of hydrogen-bond acceptors (Lipinski definition) is 3. The van der Waals surface area contributed by atoms with Gasteiger partial charge in [-0.3, -0.25) is 0 Å². The Bertz CT molecular complexity index is 711. The summed E-state index contributed by atoms with van der Waals surface area (Å²) in [6, 6.07) is 0. The standard InChI is InChI=1S/C21H38N3O3S.ClH/c1-5-7-8-9-10-11-12-13-14-15-17-23-18-20(21(25)16-6-2)24(19-23)28(26,27)22(3)4;/h2,18-19,21,25H,5,7-17H2,1,3-4H3;1H/q+1;/p-1. The van der Waals surface area contributed by atoms with Gasteiger partial charge in [0, 0.05) is 20.5 Å². The molecule has 1 rings (SSSR count). The Labute approximate surface area is 183 Å². The van der Waals surface area contributed by atoms with E-state index in [2.05, 4.69) is 12.8 Å². The lowest BCUT2D eigenvalue weighted by molar-refractivity contribution is -0.696. The molecule has 0 fully saturated rings. The Morgan fingerprint density at radius 1 is 1.10 bits per heavy atom. The highest BCUT2D eigenvalue weighted by molar-refractivity contribution is 7.87. The lowest BCUT2D eigenvalue weighted by Crippen LogP contribution is -3.00. The molecular weight excluding hydrogens is 410 g/mol. The van der Waals surface area contributed by atoms with Crippen LogP contribution in [-0.2, 0) is 16.8 Å². The van der Waals surface area contributed by atoms with Crippen LogP contribution in [0.4, 0.5) is 0 Å². The van der Waals surface area contributed by atoms with E-state index in [0.29, 0.717) is 5.69 Å². The monoisotopic (exact) mass is 447 g/mol. The van der Waals surface area contributed by atoms with Crippen LogP contribution in [0.2, 0.25) is 0 Å². The maximum Gasteiger partial charge on any atom is 0.379 e. The molecule has 6 nitrogen and oxygen atoms in total. The van der Waals surface area contributed by atoms with Gasteiger partial charge in [0.05, 0.1) is 6.54 Å². The van der Waals surface area contributed by atoms with Crippen molar-refractivity contribution in [3.63, 3.8) is 0 Å². The topological polar surface area (TPSA) is 66.4 Å². The highest BCUT2D eigenvalue weighted by atomic mass is 35.5. The number of terminal acetylenes is 1. The zero-order valence-corrected chi connectivity index (χ0v) is 19.8. The molecule has 0 saturated carbocycles. The third kappa shape index (κ3) is 9.52. The summed E-state index contributed by atoms with van der Waals surface area (Å²) in [5, 5.41) is 10.2. The Morgan fingerprint density at radius 3 is 2.10 bits per heavy atom. The van der Waals surface area contributed by atoms with E-state index >= 15 is 0 Å². The van der Waals surface area contributed by atoms with Crippen molar-refractivity contribution in [2.75, 3.05) is 14.1 Å². The van der Waals surface area contributed by atoms with Gasteiger partial charge in [0.2, 0.25) is 0 Å². The van der Waals surface area contributed by atoms with Crippen LogP contribution in [0, 0.1) is 12.3 Å². The molecule has 1 aromatic heterocycles. The smallest absolute Gasteiger partial charge is 0.379 e. The van der Waals surface area contributed by atoms with Gasteiger partial charge in [-0.2, -0.15) is 12.7 Å². The summed E-state index contributed by atoms with van der Waals surface area (Å²) in [7, 11) is -0.759. The Balaban J connectivity index is 0.00000784. The average Bonchev–Trinajstić information content (AvgIpc) is 3.08. The minimum Gasteiger partial charge on any atom is -1.00 e. The summed E-state index contributed by atoms with van der Waals surface area (Å²) < 4.78 is 29.2. The van der Waals surface area contributed by atoms with Gasteiger partial charge in [0.1, 0.15) is 12.3 Å². The summed E-state index contributed by atoms with van der Waals surface area (Å²) in [5.74, 6) is 2.39. The first-order valence-electron chi connectivity index (χ1n) is 10.5. The highest BCUT2D eigenvalue weighted by Crippen LogP contribution is 2.18. The lowest BCUT2D eigenvalue weighted by atomic mass is 10.1. The fraction of sp³-hybridized carbons (Fsp3) is 0.762. The van der Waals surface area contributed by atoms with Crippen LogP contribution < -0.4 is 17.0 Å². The summed E-state index contributed by atoms with van der Waals surface area (Å²) >= 11 is 0. The quantitative estimate of drug-likeness (QED) is 0.240. The maximum atomic E-state index is 12.5. The number of aliphatic hydroxyl groups is 1. The molecule has 0 amide bonds. The number of unbranched alkanes of at least 4 members (excludes halogenated alkanes) is 9. The molecule has 0 saturated heterocycles. The molecule has 1 N–H and O–H groups in total. The first kappa shape index (κ1) is 27.9. The molecule has 1 aromatic rings. The number of aromatic nitrogens is 2. The van der Waals surface area contributed by atoms with Gasteiger partial charge < -0.3 is 17.5 Å². The first-order valence-corrected chi connectivity index (χ1v) is 11.9. The molecule has 1 unspecified atom stereocenters. The predicted octanol–water partition coefficient (Wildman–Crippen LogP) is 0.412. The van der Waals surface area contributed by atoms with E-state index in [9.17, 15) is 13.5 Å². The van der Waals surface area contributed by atoms with Crippen molar-refractivity contribution >= 4 is 10.2 Å². The Kier molecular flexibility index (Phi) is 14.3. The molecule has 29 heavy (non-hydrogen) atoms. The number of rotatable bonds is 15. The normalized spacial score (nSPS) is 12.6. The van der Waals surface area contributed by atoms with Gasteiger partial charge >= 0.3 is 10.2 Å². The molecule has 8 heteroatoms. The highest BCUT2D eigenvalue weighted by Gasteiger charge is 2.31. The van der Waals surface area contributed by atoms with Crippen molar-refractivity contribution < 1.29 is 30.5 Å². The van der Waals surface area contributed by atoms with Crippen molar-refractivity contribution in [1.29, 1.82) is 0 Å². The summed E-state index contributed by atoms with van der Waals surface area (Å²) in [6.45, 7) is 2.96. The van der Waals surface area contributed by atoms with Crippen LogP contribution in [0.5, 0.6) is 0 Å². The first-order chi connectivity index (χ1) is 13.3. The number of aliphatic hydroxyl groups excluding tert-OH is 1. The van der Waals surface area contributed by atoms with Gasteiger partial charge in [0.25, 0.3) is 6.33 Å². The third-order valence-electron chi connectivity index (χ3n) is 4.94. The SMILES string of the molecule is C#CCC(O)c1c[n+](CCCCCCCCCCCC)cn1S(=O)(=O)N(C)C.[Cl-]. The van der Waals surface area contributed by atoms with Crippen molar-refractivity contribution in [2.45, 2.75) is 90.2 Å². The van der Waals surface area contributed by atoms with Crippen LogP contribution in [0.25, 0.3) is 0 Å². The minimum absolute atomic E-state index is 0. The van der Waals surface area contributed by atoms with E-state index in [0.717, 1.165) is 27.7 Å². The van der Waals surface area contributed by atoms with E-state index in [-0.39, 0.29) is 18.8 Å². The van der Waals surface area contributed by atoms with E-state index in [1.54, 1.807) is 6.20 Å². The molecule has 0 bridgehead atoms. The van der Waals surface area contributed by atoms with E-state index in [1.165, 1.54) is 71.8 Å². The summed E-state index contributed by atoms with van der Waals surface area (Å²) in [5.41, 5.74) is 0.304. The zero-order valence-electron chi connectivity index (χ0n) is 18.2. The molecule has 168 valence electrons. The summed E-state index contributed by atoms with van der Waals surface area (Å²) in [4.78, 5) is 0. The van der Waals surface area contributed by atoms with E-state index < -0.39 is 16.3 Å². The number of hydrogen-bond donors (Lipinski definition) is 1. The predicted molar refractivity (Wildman–Crippen MR) is 113 cm³/mol. The molecular formula is C21H38ClN3O3S. The second-order valence-electron chi connectivity index (χ2n) is 7.60. The van der Waals surface area contributed by atoms with Crippen molar-refractivity contribution in [3.05, 3.63) is 18.2 Å². The number of halogens is 1. The van der Waals surface area contributed by atoms with E-state index in [4.69, 9.17) is 6.42 Å². The minimum atomic E-state index is -3.70. The van der Waals surface area contributed by atoms with Gasteiger partial charge in [0.15, 0.2) is 5.69 Å². The second kappa shape index (κ2) is 14.8. The third-order valence-corrected chi connectivity index (χ3v) is 6.66. The molecule has 0 spiro atoms. The molecule has 1 heterocycles. The van der Waals surface area contributed by atoms with Crippen molar-refractivity contribution in [2.24, 2.45) is 0 Å². The van der Waals surface area contributed by atoms with Crippen LogP contribution in [0.15, 0.2) is 12.5 Å². The number of aryl methyl sites for hydroxylation is 1. The van der Waals surface area contributed by atoms with Crippen LogP contribution in [0.3, 0.4) is 0 Å². The van der Waals surface area contributed by atoms with Crippen LogP contribution >= 0.6 is 0 Å². The molecule has 0 aromatic carbocycles. The maximum absolute atomic E-state index is 12.5. The van der Waals surface area contributed by atoms with Crippen LogP contribution in [0.1, 0.15) is 89.4 Å². The van der Waals surface area contributed by atoms with Crippen molar-refractivity contribution in [3.8, 4) is 12.3 Å². The lowest BCUT2D eigenvalue weighted by Gasteiger charge is -2.10. The molecule has 0 radical (unpaired) electrons. The zero-order chi connectivity index (χ0) is 21.0. The number of imidazole rings is 1. The fourth-order valence-corrected chi connectivity index (χ4v) is 4.21. The summed E-state index contributed by atoms with van der Waals surface area (Å²) in [6.07, 6.45) is 20.1. The van der Waals surface area contributed by atoms with Gasteiger partial charge in [-0.25, -0.2) is 4.57 Å². The van der Waals surface area contributed by atoms with Gasteiger partial charge in [-0.1, -0.05) is 58.3 Å². The van der Waals surface area contributed by atoms with Gasteiger partial charge in [-0.15, -0.1) is 16.3 Å². The molecule has 0 aliphatic carbocycles. The molecule has 0 aliphatic heterocycles. The molecule has 0 aliphatic rings. The average molecular weight is 448 g/mol. The largest absolute Gasteiger partial charge is 1.00 e. The fourth-order valence-electron chi connectivity index (χ4n) is 3.18.